The number of carbonyl (C=O) groups is 1. The van der Waals surface area contributed by atoms with Crippen LogP contribution in [0.1, 0.15) is 53.6 Å². The number of carbonyl (C=O) groups excluding carboxylic acids is 1. The standard InChI is InChI=1S/C17H28N2O2/c1-5-9-19(11-15-7-6-8-18-10-15)17(20)16-12(2)13(3)21-14(16)4/h15,18H,5-11H2,1-4H3. The number of amides is 1. The van der Waals surface area contributed by atoms with Gasteiger partial charge in [-0.25, -0.2) is 0 Å². The van der Waals surface area contributed by atoms with Gasteiger partial charge in [0.25, 0.3) is 5.91 Å². The van der Waals surface area contributed by atoms with Gasteiger partial charge in [-0.2, -0.15) is 0 Å². The predicted molar refractivity (Wildman–Crippen MR) is 84.7 cm³/mol. The van der Waals surface area contributed by atoms with E-state index in [0.717, 1.165) is 55.2 Å². The van der Waals surface area contributed by atoms with Crippen LogP contribution in [0.3, 0.4) is 0 Å². The minimum absolute atomic E-state index is 0.134. The second-order valence-corrected chi connectivity index (χ2v) is 6.18. The van der Waals surface area contributed by atoms with Gasteiger partial charge in [-0.3, -0.25) is 4.79 Å². The maximum atomic E-state index is 12.9. The molecule has 2 rings (SSSR count). The van der Waals surface area contributed by atoms with E-state index in [-0.39, 0.29) is 5.91 Å². The third kappa shape index (κ3) is 3.67. The van der Waals surface area contributed by atoms with Gasteiger partial charge >= 0.3 is 0 Å². The molecule has 0 spiro atoms. The van der Waals surface area contributed by atoms with E-state index in [1.807, 2.05) is 25.7 Å². The minimum Gasteiger partial charge on any atom is -0.466 e. The molecule has 1 amide bonds. The van der Waals surface area contributed by atoms with E-state index in [0.29, 0.717) is 5.92 Å². The van der Waals surface area contributed by atoms with Crippen molar-refractivity contribution in [2.24, 2.45) is 5.92 Å². The van der Waals surface area contributed by atoms with E-state index in [4.69, 9.17) is 4.42 Å². The zero-order chi connectivity index (χ0) is 15.4. The van der Waals surface area contributed by atoms with Crippen molar-refractivity contribution in [3.63, 3.8) is 0 Å². The quantitative estimate of drug-likeness (QED) is 0.907. The summed E-state index contributed by atoms with van der Waals surface area (Å²) in [5, 5.41) is 3.43. The summed E-state index contributed by atoms with van der Waals surface area (Å²) in [5.41, 5.74) is 1.75. The summed E-state index contributed by atoms with van der Waals surface area (Å²) in [4.78, 5) is 14.9. The lowest BCUT2D eigenvalue weighted by molar-refractivity contribution is 0.0716. The summed E-state index contributed by atoms with van der Waals surface area (Å²) in [6.45, 7) is 11.7. The average molecular weight is 292 g/mol. The zero-order valence-electron chi connectivity index (χ0n) is 13.8. The average Bonchev–Trinajstić information content (AvgIpc) is 2.72. The van der Waals surface area contributed by atoms with E-state index in [2.05, 4.69) is 12.2 Å². The third-order valence-corrected chi connectivity index (χ3v) is 4.43. The number of hydrogen-bond acceptors (Lipinski definition) is 3. The lowest BCUT2D eigenvalue weighted by Crippen LogP contribution is -2.41. The van der Waals surface area contributed by atoms with Crippen LogP contribution in [-0.2, 0) is 0 Å². The first-order valence-electron chi connectivity index (χ1n) is 8.11. The fourth-order valence-corrected chi connectivity index (χ4v) is 3.20. The highest BCUT2D eigenvalue weighted by atomic mass is 16.3. The van der Waals surface area contributed by atoms with Crippen LogP contribution in [0.2, 0.25) is 0 Å². The maximum absolute atomic E-state index is 12.9. The Labute approximate surface area is 127 Å². The molecule has 1 N–H and O–H groups in total. The van der Waals surface area contributed by atoms with E-state index in [1.54, 1.807) is 0 Å². The van der Waals surface area contributed by atoms with Gasteiger partial charge in [0, 0.05) is 18.7 Å². The molecule has 1 fully saturated rings. The van der Waals surface area contributed by atoms with Crippen molar-refractivity contribution in [1.82, 2.24) is 10.2 Å². The Balaban J connectivity index is 2.14. The number of nitrogens with zero attached hydrogens (tertiary/aromatic N) is 1. The second kappa shape index (κ2) is 7.12. The van der Waals surface area contributed by atoms with Gasteiger partial charge in [-0.1, -0.05) is 6.92 Å². The Kier molecular flexibility index (Phi) is 5.45. The van der Waals surface area contributed by atoms with Gasteiger partial charge in [0.2, 0.25) is 0 Å². The maximum Gasteiger partial charge on any atom is 0.257 e. The molecule has 2 heterocycles. The van der Waals surface area contributed by atoms with Gasteiger partial charge in [0.05, 0.1) is 5.56 Å². The molecule has 0 bridgehead atoms. The minimum atomic E-state index is 0.134. The Morgan fingerprint density at radius 3 is 2.62 bits per heavy atom. The van der Waals surface area contributed by atoms with Gasteiger partial charge in [-0.05, 0) is 59.0 Å². The molecular weight excluding hydrogens is 264 g/mol. The number of rotatable bonds is 5. The molecule has 118 valence electrons. The highest BCUT2D eigenvalue weighted by molar-refractivity contribution is 5.96. The summed E-state index contributed by atoms with van der Waals surface area (Å²) < 4.78 is 5.62. The highest BCUT2D eigenvalue weighted by Crippen LogP contribution is 2.23. The molecule has 0 aliphatic carbocycles. The van der Waals surface area contributed by atoms with Crippen LogP contribution in [-0.4, -0.2) is 37.0 Å². The van der Waals surface area contributed by atoms with Crippen LogP contribution < -0.4 is 5.32 Å². The van der Waals surface area contributed by atoms with Crippen LogP contribution in [0.4, 0.5) is 0 Å². The molecule has 0 aromatic carbocycles. The van der Waals surface area contributed by atoms with E-state index < -0.39 is 0 Å². The number of aryl methyl sites for hydroxylation is 2. The summed E-state index contributed by atoms with van der Waals surface area (Å²) >= 11 is 0. The molecular formula is C17H28N2O2. The van der Waals surface area contributed by atoms with Gasteiger partial charge in [-0.15, -0.1) is 0 Å². The van der Waals surface area contributed by atoms with Gasteiger partial charge in [0.1, 0.15) is 11.5 Å². The molecule has 1 atom stereocenters. The summed E-state index contributed by atoms with van der Waals surface area (Å²) in [5.74, 6) is 2.31. The van der Waals surface area contributed by atoms with Crippen molar-refractivity contribution in [3.05, 3.63) is 22.6 Å². The lowest BCUT2D eigenvalue weighted by atomic mass is 9.98. The molecule has 1 aliphatic rings. The highest BCUT2D eigenvalue weighted by Gasteiger charge is 2.26. The largest absolute Gasteiger partial charge is 0.466 e. The lowest BCUT2D eigenvalue weighted by Gasteiger charge is -2.30. The van der Waals surface area contributed by atoms with E-state index in [9.17, 15) is 4.79 Å². The first-order valence-corrected chi connectivity index (χ1v) is 8.11. The van der Waals surface area contributed by atoms with Gasteiger partial charge < -0.3 is 14.6 Å². The molecule has 1 unspecified atom stereocenters. The van der Waals surface area contributed by atoms with Crippen molar-refractivity contribution in [2.45, 2.75) is 47.0 Å². The van der Waals surface area contributed by atoms with Gasteiger partial charge in [0.15, 0.2) is 0 Å². The van der Waals surface area contributed by atoms with E-state index in [1.165, 1.54) is 12.8 Å². The van der Waals surface area contributed by atoms with Crippen molar-refractivity contribution >= 4 is 5.91 Å². The molecule has 1 aliphatic heterocycles. The molecule has 0 radical (unpaired) electrons. The SMILES string of the molecule is CCCN(CC1CCCNC1)C(=O)c1c(C)oc(C)c1C. The molecule has 0 saturated carbocycles. The molecule has 1 aromatic heterocycles. The van der Waals surface area contributed by atoms with Crippen molar-refractivity contribution in [2.75, 3.05) is 26.2 Å². The summed E-state index contributed by atoms with van der Waals surface area (Å²) in [7, 11) is 0. The normalized spacial score (nSPS) is 18.8. The second-order valence-electron chi connectivity index (χ2n) is 6.18. The predicted octanol–water partition coefficient (Wildman–Crippen LogP) is 3.06. The Morgan fingerprint density at radius 2 is 2.10 bits per heavy atom. The molecule has 4 nitrogen and oxygen atoms in total. The van der Waals surface area contributed by atoms with Crippen molar-refractivity contribution < 1.29 is 9.21 Å². The molecule has 21 heavy (non-hydrogen) atoms. The van der Waals surface area contributed by atoms with Crippen LogP contribution in [0.5, 0.6) is 0 Å². The third-order valence-electron chi connectivity index (χ3n) is 4.43. The Hall–Kier alpha value is -1.29. The summed E-state index contributed by atoms with van der Waals surface area (Å²) in [6, 6.07) is 0. The number of hydrogen-bond donors (Lipinski definition) is 1. The topological polar surface area (TPSA) is 45.5 Å². The molecule has 4 heteroatoms. The Bertz CT molecular complexity index is 487. The number of furan rings is 1. The van der Waals surface area contributed by atoms with Crippen molar-refractivity contribution in [1.29, 1.82) is 0 Å². The molecule has 1 saturated heterocycles. The first-order chi connectivity index (χ1) is 10.0. The number of piperidine rings is 1. The fraction of sp³-hybridized carbons (Fsp3) is 0.706. The Morgan fingerprint density at radius 1 is 1.33 bits per heavy atom. The van der Waals surface area contributed by atoms with E-state index >= 15 is 0 Å². The molecule has 1 aromatic rings. The summed E-state index contributed by atoms with van der Waals surface area (Å²) in [6.07, 6.45) is 3.41. The van der Waals surface area contributed by atoms with Crippen molar-refractivity contribution in [3.8, 4) is 0 Å². The number of nitrogens with one attached hydrogen (secondary N) is 1. The fourth-order valence-electron chi connectivity index (χ4n) is 3.20. The zero-order valence-corrected chi connectivity index (χ0v) is 13.8. The van der Waals surface area contributed by atoms with Crippen LogP contribution >= 0.6 is 0 Å². The van der Waals surface area contributed by atoms with Crippen LogP contribution in [0.15, 0.2) is 4.42 Å². The smallest absolute Gasteiger partial charge is 0.257 e. The first kappa shape index (κ1) is 16.1. The van der Waals surface area contributed by atoms with Crippen LogP contribution in [0.25, 0.3) is 0 Å². The monoisotopic (exact) mass is 292 g/mol. The van der Waals surface area contributed by atoms with Crippen LogP contribution in [0, 0.1) is 26.7 Å².